The minimum atomic E-state index is -4.90. The molecule has 5 nitrogen and oxygen atoms in total. The summed E-state index contributed by atoms with van der Waals surface area (Å²) in [7, 11) is 0. The fraction of sp³-hybridized carbons (Fsp3) is 0.300. The molecule has 0 saturated heterocycles. The smallest absolute Gasteiger partial charge is 0.374 e. The molecule has 0 radical (unpaired) electrons. The van der Waals surface area contributed by atoms with E-state index < -0.39 is 35.2 Å². The van der Waals surface area contributed by atoms with Gasteiger partial charge in [0.1, 0.15) is 0 Å². The molecule has 1 amide bonds. The molecule has 34 heavy (non-hydrogen) atoms. The van der Waals surface area contributed by atoms with Crippen LogP contribution >= 0.6 is 58.0 Å². The van der Waals surface area contributed by atoms with Crippen molar-refractivity contribution in [3.63, 3.8) is 0 Å². The van der Waals surface area contributed by atoms with Crippen LogP contribution in [0.2, 0.25) is 20.1 Å². The maximum Gasteiger partial charge on any atom is 0.435 e. The normalized spacial score (nSPS) is 26.0. The van der Waals surface area contributed by atoms with Crippen LogP contribution in [0.15, 0.2) is 35.5 Å². The summed E-state index contributed by atoms with van der Waals surface area (Å²) < 4.78 is 56.1. The summed E-state index contributed by atoms with van der Waals surface area (Å²) >= 11 is 29.3. The number of amides is 1. The first kappa shape index (κ1) is 25.4. The predicted octanol–water partition coefficient (Wildman–Crippen LogP) is 7.25. The van der Waals surface area contributed by atoms with E-state index in [1.807, 2.05) is 0 Å². The standard InChI is InChI=1S/C20H12Cl5F4N3O2/c21-11-2-1-8(3-14(11)30-31-17(33)10-6-19(10,25)26)15-7-18(34-32-15,20(27,28)29)9-4-12(22)16(24)13(23)5-9/h1-5,10,30H,6-7H2,(H,31,33)/t10-,18-,19+/m1/s1. The minimum Gasteiger partial charge on any atom is -0.374 e. The first-order valence-electron chi connectivity index (χ1n) is 9.45. The van der Waals surface area contributed by atoms with Gasteiger partial charge in [-0.25, -0.2) is 4.39 Å². The van der Waals surface area contributed by atoms with Crippen molar-refractivity contribution >= 4 is 75.3 Å². The van der Waals surface area contributed by atoms with Gasteiger partial charge >= 0.3 is 6.18 Å². The molecule has 1 heterocycles. The van der Waals surface area contributed by atoms with Crippen molar-refractivity contribution in [1.29, 1.82) is 0 Å². The van der Waals surface area contributed by atoms with Gasteiger partial charge in [-0.15, -0.1) is 0 Å². The summed E-state index contributed by atoms with van der Waals surface area (Å²) in [5, 5.41) is 1.25. The Bertz CT molecular complexity index is 1180. The van der Waals surface area contributed by atoms with Crippen molar-refractivity contribution in [1.82, 2.24) is 5.43 Å². The molecule has 182 valence electrons. The van der Waals surface area contributed by atoms with Gasteiger partial charge in [0.25, 0.3) is 5.60 Å². The van der Waals surface area contributed by atoms with E-state index in [0.29, 0.717) is 0 Å². The molecule has 2 aromatic rings. The molecule has 0 unspecified atom stereocenters. The fourth-order valence-corrected chi connectivity index (χ4v) is 4.38. The average molecular weight is 580 g/mol. The lowest BCUT2D eigenvalue weighted by molar-refractivity contribution is -0.275. The molecule has 1 aliphatic heterocycles. The summed E-state index contributed by atoms with van der Waals surface area (Å²) in [5.74, 6) is -1.73. The number of nitrogens with one attached hydrogen (secondary N) is 2. The Morgan fingerprint density at radius 1 is 1.09 bits per heavy atom. The molecule has 0 bridgehead atoms. The van der Waals surface area contributed by atoms with Gasteiger partial charge in [0.2, 0.25) is 5.91 Å². The van der Waals surface area contributed by atoms with Crippen molar-refractivity contribution in [2.24, 2.45) is 11.1 Å². The third kappa shape index (κ3) is 4.60. The SMILES string of the molecule is O=C(NNc1cc(C2=NO[C@](c3cc(Cl)c(Cl)c(Cl)c3)(C(F)(F)F)C2)ccc1Cl)[C@H]1C[C@@]1(F)Cl. The van der Waals surface area contributed by atoms with Crippen molar-refractivity contribution in [2.75, 3.05) is 5.43 Å². The lowest BCUT2D eigenvalue weighted by atomic mass is 9.86. The number of alkyl halides is 5. The number of anilines is 1. The molecule has 3 atom stereocenters. The largest absolute Gasteiger partial charge is 0.435 e. The van der Waals surface area contributed by atoms with Gasteiger partial charge in [-0.05, 0) is 24.3 Å². The number of benzene rings is 2. The highest BCUT2D eigenvalue weighted by atomic mass is 35.5. The molecule has 0 spiro atoms. The van der Waals surface area contributed by atoms with Gasteiger partial charge in [0, 0.05) is 24.0 Å². The molecule has 2 N–H and O–H groups in total. The molecule has 1 aliphatic carbocycles. The molecular formula is C20H12Cl5F4N3O2. The van der Waals surface area contributed by atoms with Crippen LogP contribution in [0, 0.1) is 5.92 Å². The Kier molecular flexibility index (Phi) is 6.57. The van der Waals surface area contributed by atoms with Gasteiger partial charge < -0.3 is 4.84 Å². The van der Waals surface area contributed by atoms with Gasteiger partial charge in [-0.1, -0.05) is 69.2 Å². The van der Waals surface area contributed by atoms with Gasteiger partial charge in [0.15, 0.2) is 5.13 Å². The number of nitrogens with zero attached hydrogens (tertiary/aromatic N) is 1. The van der Waals surface area contributed by atoms with E-state index in [4.69, 9.17) is 62.8 Å². The summed E-state index contributed by atoms with van der Waals surface area (Å²) in [4.78, 5) is 16.9. The molecule has 14 heteroatoms. The first-order valence-corrected chi connectivity index (χ1v) is 11.3. The molecular weight excluding hydrogens is 567 g/mol. The van der Waals surface area contributed by atoms with Crippen LogP contribution in [0.4, 0.5) is 23.2 Å². The Hall–Kier alpha value is -1.65. The topological polar surface area (TPSA) is 62.7 Å². The third-order valence-corrected chi connectivity index (χ3v) is 7.34. The second kappa shape index (κ2) is 8.78. The number of carbonyl (C=O) groups is 1. The Labute approximate surface area is 215 Å². The quantitative estimate of drug-likeness (QED) is 0.170. The highest BCUT2D eigenvalue weighted by molar-refractivity contribution is 6.48. The van der Waals surface area contributed by atoms with E-state index in [-0.39, 0.29) is 49.0 Å². The zero-order valence-corrected chi connectivity index (χ0v) is 20.3. The summed E-state index contributed by atoms with van der Waals surface area (Å²) in [6.45, 7) is 0. The lowest BCUT2D eigenvalue weighted by Gasteiger charge is -2.30. The molecule has 0 aromatic heterocycles. The van der Waals surface area contributed by atoms with Crippen LogP contribution in [-0.4, -0.2) is 22.9 Å². The average Bonchev–Trinajstić information content (AvgIpc) is 3.17. The molecule has 4 rings (SSSR count). The van der Waals surface area contributed by atoms with Crippen molar-refractivity contribution in [3.05, 3.63) is 61.5 Å². The summed E-state index contributed by atoms with van der Waals surface area (Å²) in [6, 6.07) is 6.21. The van der Waals surface area contributed by atoms with Crippen LogP contribution in [0.3, 0.4) is 0 Å². The number of halogens is 9. The zero-order valence-electron chi connectivity index (χ0n) is 16.5. The van der Waals surface area contributed by atoms with Crippen LogP contribution in [0.5, 0.6) is 0 Å². The number of rotatable bonds is 5. The van der Waals surface area contributed by atoms with E-state index in [0.717, 1.165) is 12.1 Å². The molecule has 2 aliphatic rings. The second-order valence-corrected chi connectivity index (χ2v) is 9.94. The fourth-order valence-electron chi connectivity index (χ4n) is 3.36. The van der Waals surface area contributed by atoms with E-state index in [2.05, 4.69) is 16.0 Å². The van der Waals surface area contributed by atoms with Crippen LogP contribution in [0.25, 0.3) is 0 Å². The Balaban J connectivity index is 1.59. The van der Waals surface area contributed by atoms with E-state index in [1.54, 1.807) is 0 Å². The monoisotopic (exact) mass is 577 g/mol. The number of oxime groups is 1. The Morgan fingerprint density at radius 2 is 1.71 bits per heavy atom. The van der Waals surface area contributed by atoms with E-state index in [9.17, 15) is 22.4 Å². The second-order valence-electron chi connectivity index (χ2n) is 7.71. The number of carbonyl (C=O) groups excluding carboxylic acids is 1. The number of hydrazine groups is 1. The molecule has 1 saturated carbocycles. The van der Waals surface area contributed by atoms with Crippen LogP contribution in [0.1, 0.15) is 24.0 Å². The molecule has 2 aromatic carbocycles. The van der Waals surface area contributed by atoms with Crippen LogP contribution in [-0.2, 0) is 15.2 Å². The maximum absolute atomic E-state index is 14.2. The summed E-state index contributed by atoms with van der Waals surface area (Å²) in [5.41, 5.74) is 1.85. The number of hydrogen-bond donors (Lipinski definition) is 2. The van der Waals surface area contributed by atoms with Crippen molar-refractivity contribution < 1.29 is 27.2 Å². The van der Waals surface area contributed by atoms with E-state index in [1.165, 1.54) is 18.2 Å². The zero-order chi connectivity index (χ0) is 25.1. The molecule has 1 fully saturated rings. The Morgan fingerprint density at radius 3 is 2.26 bits per heavy atom. The summed E-state index contributed by atoms with van der Waals surface area (Å²) in [6.07, 6.45) is -5.75. The highest BCUT2D eigenvalue weighted by Gasteiger charge is 2.62. The first-order chi connectivity index (χ1) is 15.7. The van der Waals surface area contributed by atoms with Crippen molar-refractivity contribution in [3.8, 4) is 0 Å². The van der Waals surface area contributed by atoms with Gasteiger partial charge in [-0.2, -0.15) is 13.2 Å². The van der Waals surface area contributed by atoms with Gasteiger partial charge in [0.05, 0.1) is 37.4 Å². The van der Waals surface area contributed by atoms with Crippen molar-refractivity contribution in [2.45, 2.75) is 29.7 Å². The minimum absolute atomic E-state index is 0.0590. The third-order valence-electron chi connectivity index (χ3n) is 5.40. The number of hydrogen-bond acceptors (Lipinski definition) is 4. The van der Waals surface area contributed by atoms with Gasteiger partial charge in [-0.3, -0.25) is 15.6 Å². The highest BCUT2D eigenvalue weighted by Crippen LogP contribution is 2.52. The predicted molar refractivity (Wildman–Crippen MR) is 122 cm³/mol. The lowest BCUT2D eigenvalue weighted by Crippen LogP contribution is -2.42. The van der Waals surface area contributed by atoms with Crippen LogP contribution < -0.4 is 10.9 Å². The van der Waals surface area contributed by atoms with E-state index >= 15 is 0 Å². The maximum atomic E-state index is 14.2.